The Bertz CT molecular complexity index is 766. The van der Waals surface area contributed by atoms with Crippen molar-refractivity contribution < 1.29 is 22.7 Å². The maximum atomic E-state index is 12.5. The summed E-state index contributed by atoms with van der Waals surface area (Å²) in [6.07, 6.45) is 0.459. The summed E-state index contributed by atoms with van der Waals surface area (Å²) >= 11 is 6.09. The second kappa shape index (κ2) is 8.05. The molecule has 7 nitrogen and oxygen atoms in total. The first-order chi connectivity index (χ1) is 11.8. The quantitative estimate of drug-likeness (QED) is 0.743. The van der Waals surface area contributed by atoms with E-state index in [2.05, 4.69) is 10.1 Å². The van der Waals surface area contributed by atoms with E-state index in [1.54, 1.807) is 11.0 Å². The molecule has 1 aliphatic heterocycles. The predicted molar refractivity (Wildman–Crippen MR) is 95.7 cm³/mol. The van der Waals surface area contributed by atoms with Crippen LogP contribution in [0.25, 0.3) is 0 Å². The standard InChI is InChI=1S/C16H21ClN2O5S/c1-3-19(12-6-7-25(22,23)10-12)15(20)9-18-14-8-11(16(21)24-2)4-5-13(14)17/h4-5,8,12,18H,3,6-7,9-10H2,1-2H3. The molecule has 2 rings (SSSR count). The number of amides is 1. The molecule has 1 aliphatic rings. The number of esters is 1. The molecule has 1 N–H and O–H groups in total. The molecule has 9 heteroatoms. The van der Waals surface area contributed by atoms with Crippen LogP contribution in [0.1, 0.15) is 23.7 Å². The van der Waals surface area contributed by atoms with Crippen molar-refractivity contribution in [3.05, 3.63) is 28.8 Å². The van der Waals surface area contributed by atoms with Gasteiger partial charge in [-0.05, 0) is 31.5 Å². The van der Waals surface area contributed by atoms with Gasteiger partial charge in [0.1, 0.15) is 0 Å². The minimum Gasteiger partial charge on any atom is -0.465 e. The first-order valence-corrected chi connectivity index (χ1v) is 10.1. The summed E-state index contributed by atoms with van der Waals surface area (Å²) in [6, 6.07) is 4.30. The van der Waals surface area contributed by atoms with E-state index >= 15 is 0 Å². The number of ether oxygens (including phenoxy) is 1. The average molecular weight is 389 g/mol. The Balaban J connectivity index is 2.04. The molecular formula is C16H21ClN2O5S. The number of sulfone groups is 1. The topological polar surface area (TPSA) is 92.8 Å². The molecule has 0 aliphatic carbocycles. The van der Waals surface area contributed by atoms with Crippen LogP contribution in [0.4, 0.5) is 5.69 Å². The maximum Gasteiger partial charge on any atom is 0.337 e. The second-order valence-electron chi connectivity index (χ2n) is 5.78. The average Bonchev–Trinajstić information content (AvgIpc) is 2.93. The van der Waals surface area contributed by atoms with E-state index in [0.717, 1.165) is 0 Å². The number of nitrogens with zero attached hydrogens (tertiary/aromatic N) is 1. The molecule has 138 valence electrons. The fourth-order valence-corrected chi connectivity index (χ4v) is 4.75. The molecule has 0 bridgehead atoms. The molecule has 1 aromatic carbocycles. The van der Waals surface area contributed by atoms with E-state index in [4.69, 9.17) is 11.6 Å². The minimum absolute atomic E-state index is 0.00512. The molecule has 0 saturated carbocycles. The molecule has 1 unspecified atom stereocenters. The van der Waals surface area contributed by atoms with Gasteiger partial charge in [0.25, 0.3) is 0 Å². The molecule has 1 atom stereocenters. The van der Waals surface area contributed by atoms with Gasteiger partial charge < -0.3 is 15.0 Å². The number of carbonyl (C=O) groups excluding carboxylic acids is 2. The first kappa shape index (κ1) is 19.5. The second-order valence-corrected chi connectivity index (χ2v) is 8.41. The maximum absolute atomic E-state index is 12.5. The van der Waals surface area contributed by atoms with E-state index in [-0.39, 0.29) is 30.0 Å². The van der Waals surface area contributed by atoms with Gasteiger partial charge in [-0.3, -0.25) is 4.79 Å². The van der Waals surface area contributed by atoms with Crippen molar-refractivity contribution >= 4 is 39.0 Å². The smallest absolute Gasteiger partial charge is 0.337 e. The Labute approximate surface area is 152 Å². The molecule has 1 amide bonds. The Hall–Kier alpha value is -1.80. The Morgan fingerprint density at radius 1 is 1.40 bits per heavy atom. The van der Waals surface area contributed by atoms with Crippen LogP contribution in [-0.4, -0.2) is 62.9 Å². The molecule has 0 radical (unpaired) electrons. The van der Waals surface area contributed by atoms with Gasteiger partial charge in [-0.2, -0.15) is 0 Å². The molecule has 1 aromatic rings. The molecule has 25 heavy (non-hydrogen) atoms. The summed E-state index contributed by atoms with van der Waals surface area (Å²) in [5.74, 6) is -0.603. The summed E-state index contributed by atoms with van der Waals surface area (Å²) in [6.45, 7) is 2.19. The van der Waals surface area contributed by atoms with Crippen molar-refractivity contribution in [2.45, 2.75) is 19.4 Å². The van der Waals surface area contributed by atoms with Crippen molar-refractivity contribution in [2.24, 2.45) is 0 Å². The van der Waals surface area contributed by atoms with Crippen LogP contribution in [0.2, 0.25) is 5.02 Å². The zero-order valence-electron chi connectivity index (χ0n) is 14.1. The fourth-order valence-electron chi connectivity index (χ4n) is 2.84. The third-order valence-electron chi connectivity index (χ3n) is 4.13. The summed E-state index contributed by atoms with van der Waals surface area (Å²) in [5.41, 5.74) is 0.754. The number of anilines is 1. The SMILES string of the molecule is CCN(C(=O)CNc1cc(C(=O)OC)ccc1Cl)C1CCS(=O)(=O)C1. The summed E-state index contributed by atoms with van der Waals surface area (Å²) < 4.78 is 27.9. The molecular weight excluding hydrogens is 368 g/mol. The fraction of sp³-hybridized carbons (Fsp3) is 0.500. The lowest BCUT2D eigenvalue weighted by molar-refractivity contribution is -0.130. The minimum atomic E-state index is -3.06. The van der Waals surface area contributed by atoms with Crippen LogP contribution in [-0.2, 0) is 19.4 Å². The third-order valence-corrected chi connectivity index (χ3v) is 6.21. The van der Waals surface area contributed by atoms with E-state index < -0.39 is 15.8 Å². The van der Waals surface area contributed by atoms with Crippen LogP contribution in [0.5, 0.6) is 0 Å². The lowest BCUT2D eigenvalue weighted by atomic mass is 10.2. The van der Waals surface area contributed by atoms with Crippen molar-refractivity contribution in [2.75, 3.05) is 37.0 Å². The number of halogens is 1. The number of rotatable bonds is 6. The molecule has 1 fully saturated rings. The third kappa shape index (κ3) is 4.85. The number of carbonyl (C=O) groups is 2. The highest BCUT2D eigenvalue weighted by atomic mass is 35.5. The van der Waals surface area contributed by atoms with E-state index in [1.807, 2.05) is 6.92 Å². The van der Waals surface area contributed by atoms with Crippen molar-refractivity contribution in [3.8, 4) is 0 Å². The molecule has 1 heterocycles. The van der Waals surface area contributed by atoms with Gasteiger partial charge in [0, 0.05) is 12.6 Å². The van der Waals surface area contributed by atoms with Gasteiger partial charge in [-0.15, -0.1) is 0 Å². The lowest BCUT2D eigenvalue weighted by Gasteiger charge is -2.27. The van der Waals surface area contributed by atoms with Crippen molar-refractivity contribution in [1.82, 2.24) is 4.90 Å². The summed E-state index contributed by atoms with van der Waals surface area (Å²) in [4.78, 5) is 25.6. The van der Waals surface area contributed by atoms with Gasteiger partial charge in [-0.1, -0.05) is 11.6 Å². The van der Waals surface area contributed by atoms with Crippen LogP contribution >= 0.6 is 11.6 Å². The Morgan fingerprint density at radius 2 is 2.12 bits per heavy atom. The zero-order valence-corrected chi connectivity index (χ0v) is 15.7. The summed E-state index contributed by atoms with van der Waals surface area (Å²) in [5, 5.41) is 3.28. The van der Waals surface area contributed by atoms with Gasteiger partial charge in [-0.25, -0.2) is 13.2 Å². The number of benzene rings is 1. The van der Waals surface area contributed by atoms with Gasteiger partial charge in [0.2, 0.25) is 5.91 Å². The Morgan fingerprint density at radius 3 is 2.68 bits per heavy atom. The lowest BCUT2D eigenvalue weighted by Crippen LogP contribution is -2.43. The highest BCUT2D eigenvalue weighted by molar-refractivity contribution is 7.91. The Kier molecular flexibility index (Phi) is 6.29. The normalized spacial score (nSPS) is 18.6. The van der Waals surface area contributed by atoms with Crippen LogP contribution in [0, 0.1) is 0 Å². The van der Waals surface area contributed by atoms with Crippen LogP contribution in [0.3, 0.4) is 0 Å². The first-order valence-electron chi connectivity index (χ1n) is 7.89. The van der Waals surface area contributed by atoms with E-state index in [0.29, 0.717) is 29.2 Å². The number of hydrogen-bond acceptors (Lipinski definition) is 6. The van der Waals surface area contributed by atoms with Crippen LogP contribution < -0.4 is 5.32 Å². The molecule has 1 saturated heterocycles. The van der Waals surface area contributed by atoms with Crippen LogP contribution in [0.15, 0.2) is 18.2 Å². The highest BCUT2D eigenvalue weighted by Gasteiger charge is 2.33. The largest absolute Gasteiger partial charge is 0.465 e. The van der Waals surface area contributed by atoms with E-state index in [9.17, 15) is 18.0 Å². The molecule has 0 spiro atoms. The van der Waals surface area contributed by atoms with E-state index in [1.165, 1.54) is 19.2 Å². The molecule has 0 aromatic heterocycles. The number of likely N-dealkylation sites (N-methyl/N-ethyl adjacent to an activating group) is 1. The number of hydrogen-bond donors (Lipinski definition) is 1. The van der Waals surface area contributed by atoms with Gasteiger partial charge in [0.05, 0.1) is 41.4 Å². The van der Waals surface area contributed by atoms with Gasteiger partial charge >= 0.3 is 5.97 Å². The van der Waals surface area contributed by atoms with Crippen molar-refractivity contribution in [3.63, 3.8) is 0 Å². The monoisotopic (exact) mass is 388 g/mol. The predicted octanol–water partition coefficient (Wildman–Crippen LogP) is 1.57. The van der Waals surface area contributed by atoms with Gasteiger partial charge in [0.15, 0.2) is 9.84 Å². The number of nitrogens with one attached hydrogen (secondary N) is 1. The van der Waals surface area contributed by atoms with Crippen molar-refractivity contribution in [1.29, 1.82) is 0 Å². The number of methoxy groups -OCH3 is 1. The summed E-state index contributed by atoms with van der Waals surface area (Å²) in [7, 11) is -1.78. The zero-order chi connectivity index (χ0) is 18.6. The highest BCUT2D eigenvalue weighted by Crippen LogP contribution is 2.24.